The molecule has 1 aromatic rings. The standard InChI is InChI=1S/C27H46BNO2.CHNO.2CH4/c1-24(2,3)27(8,16-11-12-18-28-30-25(4,5)26(6,7)31-28)17-15-23-19-21-13-9-10-14-22(21)20-29-23;2-1-3;;/h9-10,13-14,23,29H,11-12,15-20H2,1-8H3;2H;2*1H4. The number of fused-ring (bicyclic) bond motifs is 1. The summed E-state index contributed by atoms with van der Waals surface area (Å²) >= 11 is 0. The van der Waals surface area contributed by atoms with Crippen LogP contribution in [0, 0.1) is 16.2 Å². The second-order valence-electron chi connectivity index (χ2n) is 12.4. The van der Waals surface area contributed by atoms with Gasteiger partial charge in [-0.2, -0.15) is 0 Å². The first-order valence-electron chi connectivity index (χ1n) is 12.9. The highest BCUT2D eigenvalue weighted by Crippen LogP contribution is 2.47. The minimum absolute atomic E-state index is 0. The van der Waals surface area contributed by atoms with Crippen LogP contribution in [0.2, 0.25) is 6.32 Å². The zero-order valence-electron chi connectivity index (χ0n) is 22.8. The van der Waals surface area contributed by atoms with Gasteiger partial charge in [-0.15, -0.1) is 0 Å². The first-order valence-corrected chi connectivity index (χ1v) is 12.9. The Hall–Kier alpha value is -1.46. The van der Waals surface area contributed by atoms with Crippen LogP contribution >= 0.6 is 0 Å². The third-order valence-corrected chi connectivity index (χ3v) is 8.74. The number of rotatable bonds is 8. The van der Waals surface area contributed by atoms with Crippen molar-refractivity contribution in [2.75, 3.05) is 0 Å². The molecule has 2 unspecified atom stereocenters. The molecular weight excluding hydrogens is 447 g/mol. The summed E-state index contributed by atoms with van der Waals surface area (Å²) in [6.45, 7) is 19.4. The monoisotopic (exact) mass is 502 g/mol. The summed E-state index contributed by atoms with van der Waals surface area (Å²) in [4.78, 5) is 8.35. The van der Waals surface area contributed by atoms with Gasteiger partial charge in [-0.05, 0) is 81.7 Å². The van der Waals surface area contributed by atoms with Crippen molar-refractivity contribution in [1.82, 2.24) is 5.32 Å². The lowest BCUT2D eigenvalue weighted by Crippen LogP contribution is -2.41. The smallest absolute Gasteiger partial charge is 0.403 e. The minimum Gasteiger partial charge on any atom is -0.403 e. The molecule has 0 radical (unpaired) electrons. The van der Waals surface area contributed by atoms with E-state index >= 15 is 0 Å². The number of hydrogen-bond acceptors (Lipinski definition) is 5. The van der Waals surface area contributed by atoms with Crippen LogP contribution in [-0.4, -0.2) is 30.4 Å². The molecule has 6 heteroatoms. The van der Waals surface area contributed by atoms with Gasteiger partial charge in [-0.3, -0.25) is 0 Å². The average Bonchev–Trinajstić information content (AvgIpc) is 2.95. The number of carbonyl (C=O) groups excluding carboxylic acids is 1. The molecule has 5 nitrogen and oxygen atoms in total. The lowest BCUT2D eigenvalue weighted by Gasteiger charge is -2.44. The average molecular weight is 503 g/mol. The predicted octanol–water partition coefficient (Wildman–Crippen LogP) is 7.97. The summed E-state index contributed by atoms with van der Waals surface area (Å²) in [5.74, 6) is 0. The summed E-state index contributed by atoms with van der Waals surface area (Å²) < 4.78 is 12.4. The quantitative estimate of drug-likeness (QED) is 0.164. The Balaban J connectivity index is 0.00000233. The van der Waals surface area contributed by atoms with Gasteiger partial charge >= 0.3 is 7.12 Å². The highest BCUT2D eigenvalue weighted by atomic mass is 16.7. The second kappa shape index (κ2) is 13.9. The number of hydrogen-bond donors (Lipinski definition) is 2. The molecule has 3 rings (SSSR count). The van der Waals surface area contributed by atoms with Gasteiger partial charge in [0.2, 0.25) is 6.08 Å². The van der Waals surface area contributed by atoms with Gasteiger partial charge in [0.25, 0.3) is 0 Å². The zero-order valence-corrected chi connectivity index (χ0v) is 22.8. The van der Waals surface area contributed by atoms with Gasteiger partial charge < -0.3 is 14.6 Å². The van der Waals surface area contributed by atoms with Crippen molar-refractivity contribution in [3.8, 4) is 0 Å². The van der Waals surface area contributed by atoms with Crippen molar-refractivity contribution in [1.29, 1.82) is 5.41 Å². The van der Waals surface area contributed by atoms with Crippen LogP contribution in [0.1, 0.15) is 113 Å². The maximum Gasteiger partial charge on any atom is 0.457 e. The van der Waals surface area contributed by atoms with Crippen molar-refractivity contribution in [3.05, 3.63) is 35.4 Å². The van der Waals surface area contributed by atoms with Gasteiger partial charge in [0, 0.05) is 12.6 Å². The Bertz CT molecular complexity index is 812. The van der Waals surface area contributed by atoms with E-state index in [9.17, 15) is 0 Å². The van der Waals surface area contributed by atoms with E-state index in [2.05, 4.69) is 85.0 Å². The minimum atomic E-state index is -0.219. The van der Waals surface area contributed by atoms with E-state index in [0.717, 1.165) is 25.4 Å². The molecule has 0 aromatic heterocycles. The molecule has 2 aliphatic heterocycles. The van der Waals surface area contributed by atoms with Crippen LogP contribution in [0.15, 0.2) is 24.3 Å². The van der Waals surface area contributed by atoms with Crippen molar-refractivity contribution < 1.29 is 14.1 Å². The summed E-state index contributed by atoms with van der Waals surface area (Å²) in [7, 11) is -0.0580. The van der Waals surface area contributed by atoms with Crippen LogP contribution < -0.4 is 5.32 Å². The summed E-state index contributed by atoms with van der Waals surface area (Å²) in [6.07, 6.45) is 9.09. The van der Waals surface area contributed by atoms with E-state index in [1.165, 1.54) is 43.2 Å². The number of benzene rings is 1. The molecule has 2 aliphatic rings. The molecule has 0 spiro atoms. The van der Waals surface area contributed by atoms with Crippen LogP contribution in [0.5, 0.6) is 0 Å². The molecule has 0 bridgehead atoms. The lowest BCUT2D eigenvalue weighted by molar-refractivity contribution is 0.00578. The van der Waals surface area contributed by atoms with Gasteiger partial charge in [0.1, 0.15) is 0 Å². The van der Waals surface area contributed by atoms with Gasteiger partial charge in [-0.25, -0.2) is 10.2 Å². The van der Waals surface area contributed by atoms with E-state index in [1.807, 2.05) is 0 Å². The fourth-order valence-corrected chi connectivity index (χ4v) is 5.00. The molecule has 1 aromatic carbocycles. The topological polar surface area (TPSA) is 71.4 Å². The highest BCUT2D eigenvalue weighted by Gasteiger charge is 2.50. The molecular formula is C30H55BN2O3. The fourth-order valence-electron chi connectivity index (χ4n) is 5.00. The molecule has 36 heavy (non-hydrogen) atoms. The third kappa shape index (κ3) is 8.83. The van der Waals surface area contributed by atoms with Crippen LogP contribution in [-0.2, 0) is 27.1 Å². The van der Waals surface area contributed by atoms with E-state index in [1.54, 1.807) is 0 Å². The van der Waals surface area contributed by atoms with Gasteiger partial charge in [0.05, 0.1) is 11.2 Å². The molecule has 2 atom stereocenters. The molecule has 2 N–H and O–H groups in total. The number of isocyanates is 1. The lowest BCUT2D eigenvalue weighted by atomic mass is 9.62. The van der Waals surface area contributed by atoms with Crippen LogP contribution in [0.25, 0.3) is 0 Å². The van der Waals surface area contributed by atoms with Gasteiger partial charge in [-0.1, -0.05) is 79.7 Å². The third-order valence-electron chi connectivity index (χ3n) is 8.74. The fraction of sp³-hybridized carbons (Fsp3) is 0.767. The first-order chi connectivity index (χ1) is 15.7. The molecule has 1 saturated heterocycles. The Kier molecular flexibility index (Phi) is 13.3. The maximum atomic E-state index is 8.35. The Morgan fingerprint density at radius 2 is 1.53 bits per heavy atom. The molecule has 206 valence electrons. The molecule has 0 aliphatic carbocycles. The Morgan fingerprint density at radius 3 is 2.06 bits per heavy atom. The summed E-state index contributed by atoms with van der Waals surface area (Å²) in [5, 5.41) is 9.19. The summed E-state index contributed by atoms with van der Waals surface area (Å²) in [6, 6.07) is 9.50. The maximum absolute atomic E-state index is 8.35. The Morgan fingerprint density at radius 1 is 1.00 bits per heavy atom. The normalized spacial score (nSPS) is 21.4. The summed E-state index contributed by atoms with van der Waals surface area (Å²) in [5.41, 5.74) is 3.20. The SMILES string of the molecule is C.C.CC(C)(C)C(C)(CCCCB1OC(C)(C)C(C)(C)O1)CCC1Cc2ccccc2CN1.N=C=O. The van der Waals surface area contributed by atoms with Crippen molar-refractivity contribution >= 4 is 13.2 Å². The molecule has 2 heterocycles. The van der Waals surface area contributed by atoms with Crippen LogP contribution in [0.3, 0.4) is 0 Å². The first kappa shape index (κ1) is 34.5. The van der Waals surface area contributed by atoms with E-state index in [-0.39, 0.29) is 33.2 Å². The number of unbranched alkanes of at least 4 members (excludes halogenated alkanes) is 1. The van der Waals surface area contributed by atoms with E-state index < -0.39 is 0 Å². The number of nitrogens with one attached hydrogen (secondary N) is 2. The van der Waals surface area contributed by atoms with Gasteiger partial charge in [0.15, 0.2) is 0 Å². The predicted molar refractivity (Wildman–Crippen MR) is 154 cm³/mol. The molecule has 0 amide bonds. The van der Waals surface area contributed by atoms with Crippen LogP contribution in [0.4, 0.5) is 0 Å². The molecule has 0 saturated carbocycles. The van der Waals surface area contributed by atoms with Crippen molar-refractivity contribution in [2.45, 2.75) is 139 Å². The van der Waals surface area contributed by atoms with Crippen molar-refractivity contribution in [3.63, 3.8) is 0 Å². The Labute approximate surface area is 223 Å². The zero-order chi connectivity index (χ0) is 25.6. The largest absolute Gasteiger partial charge is 0.457 e. The van der Waals surface area contributed by atoms with E-state index in [4.69, 9.17) is 19.5 Å². The van der Waals surface area contributed by atoms with Crippen molar-refractivity contribution in [2.24, 2.45) is 10.8 Å². The highest BCUT2D eigenvalue weighted by molar-refractivity contribution is 6.45. The van der Waals surface area contributed by atoms with E-state index in [0.29, 0.717) is 16.9 Å². The molecule has 1 fully saturated rings. The second-order valence-corrected chi connectivity index (χ2v) is 12.4.